The van der Waals surface area contributed by atoms with Gasteiger partial charge in [-0.15, -0.1) is 0 Å². The highest BCUT2D eigenvalue weighted by atomic mass is 16.7. The molecule has 6 aliphatic heterocycles. The lowest BCUT2D eigenvalue weighted by molar-refractivity contribution is -0.182. The monoisotopic (exact) mass is 825 g/mol. The molecule has 7 heterocycles. The number of aliphatic hydroxyl groups is 1. The van der Waals surface area contributed by atoms with Crippen LogP contribution in [0.1, 0.15) is 64.1 Å². The fraction of sp³-hybridized carbons (Fsp3) is 0.630. The number of nitrogens with two attached hydrogens (primary N) is 1. The first-order valence-electron chi connectivity index (χ1n) is 21.7. The lowest BCUT2D eigenvalue weighted by Gasteiger charge is -2.58. The predicted molar refractivity (Wildman–Crippen MR) is 221 cm³/mol. The number of aromatic nitrogens is 1. The number of epoxide rings is 1. The molecule has 1 aromatic heterocycles. The molecule has 1 aromatic carbocycles. The summed E-state index contributed by atoms with van der Waals surface area (Å²) >= 11 is 0. The Morgan fingerprint density at radius 1 is 1.05 bits per heavy atom. The Hall–Kier alpha value is -4.21. The highest BCUT2D eigenvalue weighted by molar-refractivity contribution is 5.93. The van der Waals surface area contributed by atoms with E-state index < -0.39 is 63.2 Å². The number of nitrogen functional groups attached to an aromatic ring is 1. The smallest absolute Gasteiger partial charge is 0.347 e. The number of likely N-dealkylation sites (N-methyl/N-ethyl adjacent to an activating group) is 1. The van der Waals surface area contributed by atoms with Crippen molar-refractivity contribution in [1.82, 2.24) is 19.7 Å². The van der Waals surface area contributed by atoms with Crippen molar-refractivity contribution in [2.24, 2.45) is 22.7 Å². The van der Waals surface area contributed by atoms with Crippen LogP contribution < -0.4 is 5.73 Å². The van der Waals surface area contributed by atoms with Gasteiger partial charge in [-0.25, -0.2) is 4.79 Å². The van der Waals surface area contributed by atoms with Gasteiger partial charge in [0.25, 0.3) is 5.60 Å². The van der Waals surface area contributed by atoms with Crippen LogP contribution in [0, 0.1) is 22.7 Å². The van der Waals surface area contributed by atoms with Crippen LogP contribution in [0.3, 0.4) is 0 Å². The molecule has 12 atom stereocenters. The van der Waals surface area contributed by atoms with Gasteiger partial charge in [-0.05, 0) is 86.4 Å². The van der Waals surface area contributed by atoms with Gasteiger partial charge < -0.3 is 44.4 Å². The maximum Gasteiger partial charge on any atom is 0.347 e. The summed E-state index contributed by atoms with van der Waals surface area (Å²) < 4.78 is 31.6. The number of hydrogen-bond acceptors (Lipinski definition) is 13. The summed E-state index contributed by atoms with van der Waals surface area (Å²) in [6.07, 6.45) is 10.4. The van der Waals surface area contributed by atoms with Gasteiger partial charge in [-0.2, -0.15) is 0 Å². The van der Waals surface area contributed by atoms with Crippen LogP contribution in [0.2, 0.25) is 0 Å². The summed E-state index contributed by atoms with van der Waals surface area (Å²) in [4.78, 5) is 53.8. The number of esters is 3. The number of aromatic amines is 1. The lowest BCUT2D eigenvalue weighted by atomic mass is 9.48. The van der Waals surface area contributed by atoms with Crippen LogP contribution in [0.15, 0.2) is 53.8 Å². The fourth-order valence-corrected chi connectivity index (χ4v) is 14.4. The SMILES string of the molecule is CC[C@]1(O)C[C@H]2CN(CCc3c([nH]c4ccc(N)cc34)[C@@](C(=O)OC)(C3C=C4C(=CC3OC)N(C)[C@@]35O[C@]3(C(=O)OC)[C@H](OC(C)=O)[C@]3(CC)C=CCN6CC[C@]45[C@@H]63)C2)C1. The number of benzene rings is 1. The Kier molecular flexibility index (Phi) is 8.75. The first-order valence-corrected chi connectivity index (χ1v) is 21.7. The number of hydrogen-bond donors (Lipinski definition) is 3. The van der Waals surface area contributed by atoms with Crippen LogP contribution in [0.5, 0.6) is 0 Å². The van der Waals surface area contributed by atoms with E-state index in [1.54, 1.807) is 7.11 Å². The number of likely N-dealkylation sites (tertiary alicyclic amines) is 1. The van der Waals surface area contributed by atoms with Crippen molar-refractivity contribution in [3.63, 3.8) is 0 Å². The van der Waals surface area contributed by atoms with Crippen molar-refractivity contribution >= 4 is 34.5 Å². The molecule has 1 saturated carbocycles. The molecular weight excluding hydrogens is 767 g/mol. The number of fused-ring (bicyclic) bond motifs is 6. The zero-order valence-electron chi connectivity index (χ0n) is 35.8. The molecule has 4 saturated heterocycles. The van der Waals surface area contributed by atoms with E-state index in [0.717, 1.165) is 40.0 Å². The number of carbonyl (C=O) groups is 3. The average molecular weight is 826 g/mol. The van der Waals surface area contributed by atoms with Gasteiger partial charge in [0.1, 0.15) is 5.41 Å². The third-order valence-corrected chi connectivity index (χ3v) is 16.5. The second kappa shape index (κ2) is 13.2. The van der Waals surface area contributed by atoms with E-state index in [2.05, 4.69) is 50.9 Å². The Bertz CT molecular complexity index is 2290. The van der Waals surface area contributed by atoms with Crippen LogP contribution >= 0.6 is 0 Å². The van der Waals surface area contributed by atoms with E-state index in [9.17, 15) is 14.7 Å². The molecule has 2 spiro atoms. The number of H-pyrrole nitrogens is 1. The minimum Gasteiger partial charge on any atom is -0.468 e. The third kappa shape index (κ3) is 4.64. The Morgan fingerprint density at radius 3 is 2.53 bits per heavy atom. The van der Waals surface area contributed by atoms with Crippen LogP contribution in [-0.4, -0.2) is 139 Å². The summed E-state index contributed by atoms with van der Waals surface area (Å²) in [5.74, 6) is -2.15. The van der Waals surface area contributed by atoms with Crippen LogP contribution in [0.4, 0.5) is 5.69 Å². The minimum absolute atomic E-state index is 0.0709. The quantitative estimate of drug-likeness (QED) is 0.122. The third-order valence-electron chi connectivity index (χ3n) is 16.5. The van der Waals surface area contributed by atoms with Crippen molar-refractivity contribution in [3.05, 3.63) is 65.0 Å². The zero-order chi connectivity index (χ0) is 42.4. The summed E-state index contributed by atoms with van der Waals surface area (Å²) in [6.45, 7) is 8.88. The fourth-order valence-electron chi connectivity index (χ4n) is 14.4. The molecule has 5 fully saturated rings. The molecule has 4 N–H and O–H groups in total. The predicted octanol–water partition coefficient (Wildman–Crippen LogP) is 3.58. The summed E-state index contributed by atoms with van der Waals surface area (Å²) in [5.41, 5.74) is 4.78. The number of allylic oxidation sites excluding steroid dienone is 1. The standard InChI is InChI=1S/C46H59N5O9/c1-8-41(55)22-27-23-43(39(53)57-6,36-29(13-17-50(24-27)25-41)30-19-28(47)11-12-33(30)48-36)32-20-31-34(21-35(32)56-5)49(4)46-44(31)15-18-51-16-10-14-42(9-2,37(44)51)38(59-26(3)52)45(46,60-46)40(54)58-7/h10-12,14,19-21,27,32,35,37-38,48,55H,8-9,13,15-18,22-25,47H2,1-7H3/t27-,32?,35?,37+,38-,41+,42-,43+,44-,45+,46+/m1/s1. The topological polar surface area (TPSA) is 172 Å². The van der Waals surface area contributed by atoms with E-state index in [4.69, 9.17) is 29.4 Å². The molecule has 8 aliphatic rings. The molecule has 2 aromatic rings. The molecule has 2 aliphatic carbocycles. The van der Waals surface area contributed by atoms with E-state index in [0.29, 0.717) is 70.4 Å². The molecule has 14 heteroatoms. The maximum atomic E-state index is 15.4. The number of anilines is 1. The molecule has 10 rings (SSSR count). The van der Waals surface area contributed by atoms with Crippen molar-refractivity contribution in [2.45, 2.75) is 99.9 Å². The van der Waals surface area contributed by atoms with Gasteiger partial charge >= 0.3 is 17.9 Å². The van der Waals surface area contributed by atoms with Crippen molar-refractivity contribution < 1.29 is 43.2 Å². The number of nitrogens with zero attached hydrogens (tertiary/aromatic N) is 3. The van der Waals surface area contributed by atoms with Crippen molar-refractivity contribution in [3.8, 4) is 0 Å². The first kappa shape index (κ1) is 39.9. The molecule has 14 nitrogen and oxygen atoms in total. The van der Waals surface area contributed by atoms with E-state index >= 15 is 4.79 Å². The van der Waals surface area contributed by atoms with E-state index in [1.165, 1.54) is 21.1 Å². The average Bonchev–Trinajstić information content (AvgIpc) is 3.49. The summed E-state index contributed by atoms with van der Waals surface area (Å²) in [5, 5.41) is 13.0. The highest BCUT2D eigenvalue weighted by Crippen LogP contribution is 2.82. The van der Waals surface area contributed by atoms with Gasteiger partial charge in [0, 0.05) is 92.6 Å². The molecular formula is C46H59N5O9. The molecule has 3 unspecified atom stereocenters. The van der Waals surface area contributed by atoms with Crippen molar-refractivity contribution in [1.29, 1.82) is 0 Å². The van der Waals surface area contributed by atoms with E-state index in [-0.39, 0.29) is 17.9 Å². The second-order valence-electron chi connectivity index (χ2n) is 19.0. The zero-order valence-corrected chi connectivity index (χ0v) is 35.8. The van der Waals surface area contributed by atoms with Crippen molar-refractivity contribution in [2.75, 3.05) is 66.8 Å². The normalized spacial score (nSPS) is 42.2. The number of rotatable bonds is 7. The van der Waals surface area contributed by atoms with Crippen LogP contribution in [0.25, 0.3) is 10.9 Å². The lowest BCUT2D eigenvalue weighted by Crippen LogP contribution is -2.73. The Labute approximate surface area is 351 Å². The number of piperidine rings is 1. The number of carbonyl (C=O) groups excluding carboxylic acids is 3. The minimum atomic E-state index is -1.65. The molecule has 322 valence electrons. The first-order chi connectivity index (χ1) is 28.7. The summed E-state index contributed by atoms with van der Waals surface area (Å²) in [7, 11) is 6.45. The number of nitrogens with one attached hydrogen (secondary N) is 1. The Balaban J connectivity index is 1.26. The van der Waals surface area contributed by atoms with Gasteiger partial charge in [-0.1, -0.05) is 32.1 Å². The van der Waals surface area contributed by atoms with Gasteiger partial charge in [0.05, 0.1) is 31.3 Å². The highest BCUT2D eigenvalue weighted by Gasteiger charge is 2.99. The van der Waals surface area contributed by atoms with E-state index in [1.807, 2.05) is 32.2 Å². The van der Waals surface area contributed by atoms with Gasteiger partial charge in [-0.3, -0.25) is 19.4 Å². The molecule has 0 radical (unpaired) electrons. The summed E-state index contributed by atoms with van der Waals surface area (Å²) in [6, 6.07) is 5.60. The largest absolute Gasteiger partial charge is 0.468 e. The number of methoxy groups -OCH3 is 3. The van der Waals surface area contributed by atoms with Crippen LogP contribution in [-0.2, 0) is 49.9 Å². The van der Waals surface area contributed by atoms with Gasteiger partial charge in [0.15, 0.2) is 11.8 Å². The molecule has 2 bridgehead atoms. The maximum absolute atomic E-state index is 15.4. The molecule has 0 amide bonds. The Morgan fingerprint density at radius 2 is 1.83 bits per heavy atom. The second-order valence-corrected chi connectivity index (χ2v) is 19.0. The van der Waals surface area contributed by atoms with Gasteiger partial charge in [0.2, 0.25) is 0 Å². The number of ether oxygens (including phenoxy) is 5. The molecule has 60 heavy (non-hydrogen) atoms.